The normalized spacial score (nSPS) is 15.9. The lowest BCUT2D eigenvalue weighted by atomic mass is 10.1. The molecule has 10 heteroatoms. The molecule has 35 heavy (non-hydrogen) atoms. The van der Waals surface area contributed by atoms with E-state index in [1.807, 2.05) is 0 Å². The Hall–Kier alpha value is -3.71. The number of benzene rings is 2. The Morgan fingerprint density at radius 2 is 2.26 bits per heavy atom. The van der Waals surface area contributed by atoms with Gasteiger partial charge in [-0.2, -0.15) is 5.26 Å². The lowest BCUT2D eigenvalue weighted by molar-refractivity contribution is -0.111. The summed E-state index contributed by atoms with van der Waals surface area (Å²) in [6.07, 6.45) is 5.00. The van der Waals surface area contributed by atoms with Gasteiger partial charge in [-0.25, -0.2) is 4.39 Å². The molecule has 8 nitrogen and oxygen atoms in total. The number of amides is 1. The number of aliphatic hydroxyl groups is 1. The predicted octanol–water partition coefficient (Wildman–Crippen LogP) is 4.21. The van der Waals surface area contributed by atoms with Gasteiger partial charge < -0.3 is 20.5 Å². The van der Waals surface area contributed by atoms with Crippen LogP contribution in [0.3, 0.4) is 0 Å². The van der Waals surface area contributed by atoms with E-state index in [1.54, 1.807) is 18.2 Å². The van der Waals surface area contributed by atoms with E-state index in [-0.39, 0.29) is 22.6 Å². The van der Waals surface area contributed by atoms with Crippen LogP contribution < -0.4 is 15.4 Å². The Bertz CT molecular complexity index is 1340. The average molecular weight is 496 g/mol. The highest BCUT2D eigenvalue weighted by atomic mass is 35.5. The molecule has 3 aromatic rings. The second kappa shape index (κ2) is 10.7. The fourth-order valence-corrected chi connectivity index (χ4v) is 4.07. The summed E-state index contributed by atoms with van der Waals surface area (Å²) >= 11 is 5.91. The molecule has 2 aromatic carbocycles. The van der Waals surface area contributed by atoms with Crippen LogP contribution in [-0.4, -0.2) is 53.7 Å². The number of rotatable bonds is 7. The highest BCUT2D eigenvalue weighted by molar-refractivity contribution is 6.31. The van der Waals surface area contributed by atoms with Crippen molar-refractivity contribution in [3.8, 4) is 11.8 Å². The highest BCUT2D eigenvalue weighted by Crippen LogP contribution is 2.36. The van der Waals surface area contributed by atoms with Gasteiger partial charge in [0, 0.05) is 49.0 Å². The van der Waals surface area contributed by atoms with Crippen LogP contribution in [0.25, 0.3) is 10.9 Å². The van der Waals surface area contributed by atoms with Crippen molar-refractivity contribution in [2.75, 3.05) is 37.4 Å². The molecule has 1 aliphatic rings. The Morgan fingerprint density at radius 1 is 1.43 bits per heavy atom. The monoisotopic (exact) mass is 495 g/mol. The number of pyridine rings is 1. The number of β-amino-alcohol motifs (C(OH)–C–C–N with tert-alkyl or cyclic N) is 1. The number of carbonyl (C=O) groups excluding carboxylic acids is 1. The maximum absolute atomic E-state index is 13.6. The van der Waals surface area contributed by atoms with Crippen molar-refractivity contribution in [2.45, 2.75) is 12.5 Å². The number of nitrogens with one attached hydrogen (secondary N) is 2. The van der Waals surface area contributed by atoms with E-state index in [2.05, 4.69) is 26.6 Å². The first-order valence-electron chi connectivity index (χ1n) is 10.9. The van der Waals surface area contributed by atoms with Gasteiger partial charge in [-0.15, -0.1) is 0 Å². The number of aromatic nitrogens is 1. The minimum absolute atomic E-state index is 0.0586. The van der Waals surface area contributed by atoms with Crippen LogP contribution in [0.2, 0.25) is 5.02 Å². The molecule has 1 saturated heterocycles. The molecule has 0 radical (unpaired) electrons. The average Bonchev–Trinajstić information content (AvgIpc) is 3.26. The fourth-order valence-electron chi connectivity index (χ4n) is 3.89. The molecule has 1 aromatic heterocycles. The van der Waals surface area contributed by atoms with Crippen molar-refractivity contribution >= 4 is 45.5 Å². The molecule has 0 bridgehead atoms. The molecule has 0 aliphatic carbocycles. The molecular formula is C25H23ClFN5O3. The van der Waals surface area contributed by atoms with Crippen LogP contribution in [-0.2, 0) is 4.79 Å². The molecule has 1 fully saturated rings. The number of fused-ring (bicyclic) bond motifs is 1. The molecule has 1 atom stereocenters. The van der Waals surface area contributed by atoms with E-state index < -0.39 is 5.82 Å². The largest absolute Gasteiger partial charge is 0.494 e. The lowest BCUT2D eigenvalue weighted by Crippen LogP contribution is -2.22. The van der Waals surface area contributed by atoms with Gasteiger partial charge in [0.2, 0.25) is 5.91 Å². The molecule has 180 valence electrons. The third-order valence-electron chi connectivity index (χ3n) is 5.64. The van der Waals surface area contributed by atoms with E-state index in [0.29, 0.717) is 46.8 Å². The number of hydrogen-bond donors (Lipinski definition) is 3. The molecule has 1 aliphatic heterocycles. The molecule has 3 N–H and O–H groups in total. The van der Waals surface area contributed by atoms with Crippen molar-refractivity contribution in [1.29, 1.82) is 5.26 Å². The molecule has 4 rings (SSSR count). The Morgan fingerprint density at radius 3 is 2.94 bits per heavy atom. The minimum atomic E-state index is -0.555. The van der Waals surface area contributed by atoms with E-state index in [9.17, 15) is 19.6 Å². The van der Waals surface area contributed by atoms with E-state index in [1.165, 1.54) is 37.6 Å². The number of likely N-dealkylation sites (tertiary alicyclic amines) is 1. The van der Waals surface area contributed by atoms with Gasteiger partial charge in [0.25, 0.3) is 0 Å². The van der Waals surface area contributed by atoms with Crippen LogP contribution in [0.1, 0.15) is 12.0 Å². The third kappa shape index (κ3) is 5.69. The van der Waals surface area contributed by atoms with Gasteiger partial charge in [-0.3, -0.25) is 14.7 Å². The van der Waals surface area contributed by atoms with E-state index in [4.69, 9.17) is 16.3 Å². The first kappa shape index (κ1) is 24.4. The van der Waals surface area contributed by atoms with Gasteiger partial charge in [0.05, 0.1) is 40.7 Å². The Kier molecular flexibility index (Phi) is 7.46. The molecule has 0 spiro atoms. The summed E-state index contributed by atoms with van der Waals surface area (Å²) in [7, 11) is 1.48. The molecule has 1 unspecified atom stereocenters. The number of methoxy groups -OCH3 is 1. The smallest absolute Gasteiger partial charge is 0.248 e. The first-order valence-corrected chi connectivity index (χ1v) is 11.3. The number of carbonyl (C=O) groups is 1. The number of nitrogens with zero attached hydrogens (tertiary/aromatic N) is 3. The zero-order valence-corrected chi connectivity index (χ0v) is 19.6. The van der Waals surface area contributed by atoms with Gasteiger partial charge >= 0.3 is 0 Å². The second-order valence-corrected chi connectivity index (χ2v) is 8.48. The van der Waals surface area contributed by atoms with Crippen molar-refractivity contribution in [3.63, 3.8) is 0 Å². The van der Waals surface area contributed by atoms with Crippen LogP contribution >= 0.6 is 11.6 Å². The maximum Gasteiger partial charge on any atom is 0.248 e. The number of ether oxygens (including phenoxy) is 1. The standard InChI is InChI=1S/C25H23ClFN5O3/c1-35-23-11-21-18(10-22(23)31-24(34)3-2-7-32-8-6-17(33)14-32)25(15(12-28)13-29-21)30-16-4-5-20(27)19(26)9-16/h2-5,9-11,13,17,33H,6-8,14H2,1H3,(H,29,30)(H,31,34)/b3-2+. The molecule has 1 amide bonds. The fraction of sp³-hybridized carbons (Fsp3) is 0.240. The lowest BCUT2D eigenvalue weighted by Gasteiger charge is -2.15. The predicted molar refractivity (Wildman–Crippen MR) is 133 cm³/mol. The zero-order valence-electron chi connectivity index (χ0n) is 18.9. The summed E-state index contributed by atoms with van der Waals surface area (Å²) in [5, 5.41) is 25.7. The highest BCUT2D eigenvalue weighted by Gasteiger charge is 2.19. The topological polar surface area (TPSA) is 111 Å². The van der Waals surface area contributed by atoms with Crippen molar-refractivity contribution in [2.24, 2.45) is 0 Å². The van der Waals surface area contributed by atoms with Crippen LogP contribution in [0.5, 0.6) is 5.75 Å². The summed E-state index contributed by atoms with van der Waals surface area (Å²) in [5.74, 6) is -0.512. The van der Waals surface area contributed by atoms with E-state index in [0.717, 1.165) is 13.0 Å². The molecule has 0 saturated carbocycles. The van der Waals surface area contributed by atoms with Crippen molar-refractivity contribution in [1.82, 2.24) is 9.88 Å². The third-order valence-corrected chi connectivity index (χ3v) is 5.93. The molecular weight excluding hydrogens is 473 g/mol. The quantitative estimate of drug-likeness (QED) is 0.421. The van der Waals surface area contributed by atoms with Gasteiger partial charge in [-0.1, -0.05) is 17.7 Å². The maximum atomic E-state index is 13.6. The van der Waals surface area contributed by atoms with Crippen LogP contribution in [0, 0.1) is 17.1 Å². The number of halogens is 2. The summed E-state index contributed by atoms with van der Waals surface area (Å²) in [6, 6.07) is 9.57. The van der Waals surface area contributed by atoms with Crippen LogP contribution in [0.4, 0.5) is 21.5 Å². The van der Waals surface area contributed by atoms with Gasteiger partial charge in [0.15, 0.2) is 0 Å². The second-order valence-electron chi connectivity index (χ2n) is 8.08. The number of hydrogen-bond acceptors (Lipinski definition) is 7. The summed E-state index contributed by atoms with van der Waals surface area (Å²) < 4.78 is 19.0. The SMILES string of the molecule is COc1cc2ncc(C#N)c(Nc3ccc(F)c(Cl)c3)c2cc1NC(=O)/C=C/CN1CCC(O)C1. The van der Waals surface area contributed by atoms with Gasteiger partial charge in [-0.05, 0) is 30.7 Å². The first-order chi connectivity index (χ1) is 16.9. The summed E-state index contributed by atoms with van der Waals surface area (Å²) in [5.41, 5.74) is 2.09. The van der Waals surface area contributed by atoms with E-state index >= 15 is 0 Å². The summed E-state index contributed by atoms with van der Waals surface area (Å²) in [4.78, 5) is 19.0. The molecule has 2 heterocycles. The van der Waals surface area contributed by atoms with Crippen LogP contribution in [0.15, 0.2) is 48.7 Å². The Labute approximate surface area is 206 Å². The Balaban J connectivity index is 1.63. The van der Waals surface area contributed by atoms with Crippen molar-refractivity contribution in [3.05, 3.63) is 65.1 Å². The number of aliphatic hydroxyl groups excluding tert-OH is 1. The summed E-state index contributed by atoms with van der Waals surface area (Å²) in [6.45, 7) is 1.94. The van der Waals surface area contributed by atoms with Crippen molar-refractivity contribution < 1.29 is 19.0 Å². The number of nitriles is 1. The zero-order chi connectivity index (χ0) is 24.9. The minimum Gasteiger partial charge on any atom is -0.494 e. The number of anilines is 3. The van der Waals surface area contributed by atoms with Gasteiger partial charge in [0.1, 0.15) is 17.6 Å².